The molecule has 5 heteroatoms. The highest BCUT2D eigenvalue weighted by molar-refractivity contribution is 5.87. The van der Waals surface area contributed by atoms with Crippen LogP contribution in [0.3, 0.4) is 0 Å². The highest BCUT2D eigenvalue weighted by Crippen LogP contribution is 2.16. The molecule has 0 atom stereocenters. The van der Waals surface area contributed by atoms with E-state index < -0.39 is 16.6 Å². The smallest absolute Gasteiger partial charge is 0.335 e. The summed E-state index contributed by atoms with van der Waals surface area (Å²) in [4.78, 5) is 20.3. The molecule has 1 aromatic rings. The maximum Gasteiger partial charge on any atom is 0.335 e. The van der Waals surface area contributed by atoms with Crippen LogP contribution >= 0.6 is 0 Å². The lowest BCUT2D eigenvalue weighted by atomic mass is 10.1. The lowest BCUT2D eigenvalue weighted by Crippen LogP contribution is -2.01. The Hall–Kier alpha value is -2.43. The van der Waals surface area contributed by atoms with Crippen LogP contribution in [0.1, 0.15) is 11.1 Å². The fourth-order valence-corrected chi connectivity index (χ4v) is 1.15. The molecule has 0 bridgehead atoms. The summed E-state index contributed by atoms with van der Waals surface area (Å²) in [6, 6.07) is 6.21. The van der Waals surface area contributed by atoms with Gasteiger partial charge in [0.05, 0.1) is 10.5 Å². The highest BCUT2D eigenvalue weighted by Gasteiger charge is 2.15. The standard InChI is InChI=1S/C11H9NO4/c1-2-8-3-5-9(6-4-8)10(12(15)16)7-11(13)14/h2-7H,1H2,(H,13,14). The van der Waals surface area contributed by atoms with Crippen molar-refractivity contribution >= 4 is 17.7 Å². The minimum atomic E-state index is -1.35. The fraction of sp³-hybridized carbons (Fsp3) is 0. The molecule has 0 unspecified atom stereocenters. The van der Waals surface area contributed by atoms with Crippen LogP contribution < -0.4 is 0 Å². The largest absolute Gasteiger partial charge is 0.478 e. The van der Waals surface area contributed by atoms with E-state index in [2.05, 4.69) is 6.58 Å². The molecule has 0 fully saturated rings. The van der Waals surface area contributed by atoms with Gasteiger partial charge in [-0.3, -0.25) is 10.1 Å². The number of rotatable bonds is 4. The van der Waals surface area contributed by atoms with Crippen molar-refractivity contribution in [2.24, 2.45) is 0 Å². The molecule has 0 saturated heterocycles. The summed E-state index contributed by atoms with van der Waals surface area (Å²) in [5.74, 6) is -1.35. The van der Waals surface area contributed by atoms with E-state index in [9.17, 15) is 14.9 Å². The number of hydrogen-bond acceptors (Lipinski definition) is 3. The third kappa shape index (κ3) is 2.78. The van der Waals surface area contributed by atoms with E-state index >= 15 is 0 Å². The van der Waals surface area contributed by atoms with Gasteiger partial charge in [0.2, 0.25) is 0 Å². The number of nitro groups is 1. The van der Waals surface area contributed by atoms with Crippen LogP contribution in [0.4, 0.5) is 0 Å². The van der Waals surface area contributed by atoms with Gasteiger partial charge in [0.25, 0.3) is 5.70 Å². The molecule has 0 heterocycles. The summed E-state index contributed by atoms with van der Waals surface area (Å²) >= 11 is 0. The molecule has 0 radical (unpaired) electrons. The molecule has 0 aliphatic rings. The first kappa shape index (κ1) is 11.6. The Bertz CT molecular complexity index is 459. The lowest BCUT2D eigenvalue weighted by molar-refractivity contribution is -0.375. The van der Waals surface area contributed by atoms with Crippen molar-refractivity contribution in [3.63, 3.8) is 0 Å². The summed E-state index contributed by atoms with van der Waals surface area (Å²) in [6.45, 7) is 3.55. The molecule has 1 rings (SSSR count). The SMILES string of the molecule is C=Cc1ccc(C(=CC(=O)O)[N+](=O)[O-])cc1. The Morgan fingerprint density at radius 2 is 1.94 bits per heavy atom. The number of carboxylic acids is 1. The molecule has 0 aliphatic carbocycles. The zero-order chi connectivity index (χ0) is 12.1. The first-order valence-electron chi connectivity index (χ1n) is 4.36. The quantitative estimate of drug-likeness (QED) is 0.477. The first-order valence-corrected chi connectivity index (χ1v) is 4.36. The summed E-state index contributed by atoms with van der Waals surface area (Å²) in [5, 5.41) is 19.1. The van der Waals surface area contributed by atoms with Gasteiger partial charge in [0.15, 0.2) is 0 Å². The molecule has 0 spiro atoms. The third-order valence-electron chi connectivity index (χ3n) is 1.90. The van der Waals surface area contributed by atoms with Crippen molar-refractivity contribution in [2.75, 3.05) is 0 Å². The third-order valence-corrected chi connectivity index (χ3v) is 1.90. The number of carbonyl (C=O) groups is 1. The molecule has 5 nitrogen and oxygen atoms in total. The summed E-state index contributed by atoms with van der Waals surface area (Å²) in [7, 11) is 0. The van der Waals surface area contributed by atoms with Gasteiger partial charge in [-0.05, 0) is 17.7 Å². The van der Waals surface area contributed by atoms with Crippen LogP contribution in [0.2, 0.25) is 0 Å². The number of hydrogen-bond donors (Lipinski definition) is 1. The van der Waals surface area contributed by atoms with Gasteiger partial charge in [0, 0.05) is 0 Å². The Balaban J connectivity index is 3.17. The molecular formula is C11H9NO4. The van der Waals surface area contributed by atoms with Gasteiger partial charge in [-0.25, -0.2) is 4.79 Å². The topological polar surface area (TPSA) is 80.4 Å². The minimum Gasteiger partial charge on any atom is -0.478 e. The van der Waals surface area contributed by atoms with Crippen molar-refractivity contribution in [1.29, 1.82) is 0 Å². The van der Waals surface area contributed by atoms with Gasteiger partial charge in [-0.1, -0.05) is 24.8 Å². The second kappa shape index (κ2) is 4.88. The number of carboxylic acid groups (broad SMARTS) is 1. The zero-order valence-electron chi connectivity index (χ0n) is 8.29. The van der Waals surface area contributed by atoms with Crippen LogP contribution in [0.25, 0.3) is 11.8 Å². The molecule has 1 N–H and O–H groups in total. The zero-order valence-corrected chi connectivity index (χ0v) is 8.29. The van der Waals surface area contributed by atoms with Crippen molar-refractivity contribution in [3.05, 3.63) is 58.2 Å². The van der Waals surface area contributed by atoms with Crippen molar-refractivity contribution < 1.29 is 14.8 Å². The number of nitrogens with zero attached hydrogens (tertiary/aromatic N) is 1. The average molecular weight is 219 g/mol. The van der Waals surface area contributed by atoms with Gasteiger partial charge < -0.3 is 5.11 Å². The van der Waals surface area contributed by atoms with Crippen molar-refractivity contribution in [1.82, 2.24) is 0 Å². The molecule has 1 aromatic carbocycles. The molecular weight excluding hydrogens is 210 g/mol. The second-order valence-electron chi connectivity index (χ2n) is 2.95. The Morgan fingerprint density at radius 1 is 1.38 bits per heavy atom. The monoisotopic (exact) mass is 219 g/mol. The van der Waals surface area contributed by atoms with Gasteiger partial charge in [0.1, 0.15) is 6.08 Å². The van der Waals surface area contributed by atoms with E-state index in [1.165, 1.54) is 12.1 Å². The Morgan fingerprint density at radius 3 is 2.31 bits per heavy atom. The highest BCUT2D eigenvalue weighted by atomic mass is 16.6. The maximum absolute atomic E-state index is 10.6. The van der Waals surface area contributed by atoms with E-state index in [1.54, 1.807) is 18.2 Å². The minimum absolute atomic E-state index is 0.248. The summed E-state index contributed by atoms with van der Waals surface area (Å²) in [5.41, 5.74) is 0.614. The average Bonchev–Trinajstić information content (AvgIpc) is 2.25. The predicted molar refractivity (Wildman–Crippen MR) is 59.1 cm³/mol. The molecule has 16 heavy (non-hydrogen) atoms. The van der Waals surface area contributed by atoms with E-state index in [0.717, 1.165) is 5.56 Å². The fourth-order valence-electron chi connectivity index (χ4n) is 1.15. The molecule has 0 amide bonds. The van der Waals surface area contributed by atoms with Crippen molar-refractivity contribution in [3.8, 4) is 0 Å². The Labute approximate surface area is 91.5 Å². The van der Waals surface area contributed by atoms with E-state index in [4.69, 9.17) is 5.11 Å². The van der Waals surface area contributed by atoms with E-state index in [0.29, 0.717) is 6.08 Å². The molecule has 0 saturated carbocycles. The van der Waals surface area contributed by atoms with E-state index in [1.807, 2.05) is 0 Å². The second-order valence-corrected chi connectivity index (χ2v) is 2.95. The molecule has 82 valence electrons. The number of benzene rings is 1. The van der Waals surface area contributed by atoms with Crippen LogP contribution in [0.15, 0.2) is 36.9 Å². The normalized spacial score (nSPS) is 10.9. The molecule has 0 aromatic heterocycles. The first-order chi connectivity index (χ1) is 7.54. The van der Waals surface area contributed by atoms with E-state index in [-0.39, 0.29) is 5.56 Å². The van der Waals surface area contributed by atoms with Crippen LogP contribution in [-0.4, -0.2) is 16.0 Å². The summed E-state index contributed by atoms with van der Waals surface area (Å²) < 4.78 is 0. The van der Waals surface area contributed by atoms with Gasteiger partial charge >= 0.3 is 5.97 Å². The molecule has 0 aliphatic heterocycles. The van der Waals surface area contributed by atoms with Crippen molar-refractivity contribution in [2.45, 2.75) is 0 Å². The summed E-state index contributed by atoms with van der Waals surface area (Å²) in [6.07, 6.45) is 2.17. The lowest BCUT2D eigenvalue weighted by Gasteiger charge is -1.98. The number of aliphatic carboxylic acids is 1. The Kier molecular flexibility index (Phi) is 3.55. The van der Waals surface area contributed by atoms with Crippen LogP contribution in [0.5, 0.6) is 0 Å². The maximum atomic E-state index is 10.6. The predicted octanol–water partition coefficient (Wildman–Crippen LogP) is 2.03. The van der Waals surface area contributed by atoms with Gasteiger partial charge in [-0.15, -0.1) is 0 Å². The van der Waals surface area contributed by atoms with Crippen LogP contribution in [-0.2, 0) is 4.79 Å². The van der Waals surface area contributed by atoms with Crippen LogP contribution in [0, 0.1) is 10.1 Å². The van der Waals surface area contributed by atoms with Gasteiger partial charge in [-0.2, -0.15) is 0 Å².